The first-order chi connectivity index (χ1) is 15.1. The number of alkyl halides is 3. The maximum absolute atomic E-state index is 12.6. The van der Waals surface area contributed by atoms with Crippen LogP contribution in [0.1, 0.15) is 40.5 Å². The van der Waals surface area contributed by atoms with Crippen molar-refractivity contribution >= 4 is 85.6 Å². The fourth-order valence-electron chi connectivity index (χ4n) is 2.43. The lowest BCUT2D eigenvalue weighted by Crippen LogP contribution is -2.56. The van der Waals surface area contributed by atoms with Crippen LogP contribution in [0.25, 0.3) is 0 Å². The predicted octanol–water partition coefficient (Wildman–Crippen LogP) is 5.82. The van der Waals surface area contributed by atoms with Crippen LogP contribution in [0.4, 0.5) is 5.69 Å². The number of thiocarbonyl (C=S) groups is 1. The van der Waals surface area contributed by atoms with E-state index in [0.29, 0.717) is 27.9 Å². The van der Waals surface area contributed by atoms with Gasteiger partial charge in [0.05, 0.1) is 17.7 Å². The summed E-state index contributed by atoms with van der Waals surface area (Å²) in [6, 6.07) is 13.4. The molecule has 0 spiro atoms. The van der Waals surface area contributed by atoms with Crippen molar-refractivity contribution in [3.8, 4) is 0 Å². The molecule has 0 bridgehead atoms. The molecule has 32 heavy (non-hydrogen) atoms. The molecule has 2 aromatic rings. The van der Waals surface area contributed by atoms with Gasteiger partial charge in [-0.05, 0) is 71.0 Å². The molecular formula is C21H21BrCl3N3O3S. The molecule has 0 aliphatic rings. The lowest BCUT2D eigenvalue weighted by molar-refractivity contribution is 0.0499. The summed E-state index contributed by atoms with van der Waals surface area (Å²) in [5.41, 5.74) is 1.38. The van der Waals surface area contributed by atoms with E-state index in [1.807, 2.05) is 6.92 Å². The Bertz CT molecular complexity index is 955. The lowest BCUT2D eigenvalue weighted by Gasteiger charge is -2.28. The Balaban J connectivity index is 1.99. The Morgan fingerprint density at radius 2 is 1.75 bits per heavy atom. The van der Waals surface area contributed by atoms with Crippen LogP contribution in [-0.2, 0) is 4.74 Å². The Hall–Kier alpha value is -1.58. The number of hydrogen-bond acceptors (Lipinski definition) is 4. The molecular weight excluding hydrogens is 561 g/mol. The minimum Gasteiger partial charge on any atom is -0.462 e. The number of unbranched alkanes of at least 4 members (excludes halogenated alkanes) is 1. The number of ether oxygens (including phenoxy) is 1. The average Bonchev–Trinajstić information content (AvgIpc) is 2.73. The van der Waals surface area contributed by atoms with Crippen LogP contribution in [-0.4, -0.2) is 33.6 Å². The summed E-state index contributed by atoms with van der Waals surface area (Å²) in [5, 5.41) is 8.42. The van der Waals surface area contributed by atoms with Crippen molar-refractivity contribution < 1.29 is 14.3 Å². The van der Waals surface area contributed by atoms with Crippen LogP contribution < -0.4 is 16.0 Å². The maximum Gasteiger partial charge on any atom is 0.338 e. The molecule has 3 N–H and O–H groups in total. The number of hydrogen-bond donors (Lipinski definition) is 3. The van der Waals surface area contributed by atoms with E-state index >= 15 is 0 Å². The first kappa shape index (κ1) is 26.7. The number of nitrogens with one attached hydrogen (secondary N) is 3. The zero-order valence-corrected chi connectivity index (χ0v) is 21.6. The van der Waals surface area contributed by atoms with Gasteiger partial charge in [-0.2, -0.15) is 0 Å². The predicted molar refractivity (Wildman–Crippen MR) is 137 cm³/mol. The molecule has 6 nitrogen and oxygen atoms in total. The number of halogens is 4. The summed E-state index contributed by atoms with van der Waals surface area (Å²) in [6.45, 7) is 2.40. The third-order valence-corrected chi connectivity index (χ3v) is 5.67. The van der Waals surface area contributed by atoms with E-state index in [1.165, 1.54) is 0 Å². The second-order valence-electron chi connectivity index (χ2n) is 6.59. The Labute approximate surface area is 215 Å². The van der Waals surface area contributed by atoms with Gasteiger partial charge in [0, 0.05) is 10.2 Å². The molecule has 172 valence electrons. The summed E-state index contributed by atoms with van der Waals surface area (Å²) < 4.78 is 3.87. The van der Waals surface area contributed by atoms with Crippen LogP contribution in [0.15, 0.2) is 53.0 Å². The number of carbonyl (C=O) groups excluding carboxylic acids is 2. The molecule has 0 unspecified atom stereocenters. The van der Waals surface area contributed by atoms with Gasteiger partial charge in [0.1, 0.15) is 6.17 Å². The highest BCUT2D eigenvalue weighted by Crippen LogP contribution is 2.29. The Kier molecular flexibility index (Phi) is 10.5. The minimum atomic E-state index is -1.89. The molecule has 0 heterocycles. The van der Waals surface area contributed by atoms with E-state index in [0.717, 1.165) is 12.8 Å². The summed E-state index contributed by atoms with van der Waals surface area (Å²) in [5.74, 6) is -0.855. The van der Waals surface area contributed by atoms with E-state index < -0.39 is 21.8 Å². The molecule has 0 radical (unpaired) electrons. The maximum atomic E-state index is 12.6. The molecule has 2 rings (SSSR count). The van der Waals surface area contributed by atoms with Crippen molar-refractivity contribution in [1.29, 1.82) is 0 Å². The third kappa shape index (κ3) is 8.41. The lowest BCUT2D eigenvalue weighted by atomic mass is 10.2. The highest BCUT2D eigenvalue weighted by Gasteiger charge is 2.35. The zero-order chi connectivity index (χ0) is 23.7. The van der Waals surface area contributed by atoms with Gasteiger partial charge in [0.15, 0.2) is 5.11 Å². The third-order valence-electron chi connectivity index (χ3n) is 4.11. The van der Waals surface area contributed by atoms with Gasteiger partial charge in [-0.3, -0.25) is 4.79 Å². The van der Waals surface area contributed by atoms with Crippen LogP contribution >= 0.6 is 63.0 Å². The second-order valence-corrected chi connectivity index (χ2v) is 10.2. The fourth-order valence-corrected chi connectivity index (χ4v) is 3.46. The van der Waals surface area contributed by atoms with Crippen molar-refractivity contribution in [3.05, 3.63) is 64.1 Å². The zero-order valence-electron chi connectivity index (χ0n) is 17.0. The smallest absolute Gasteiger partial charge is 0.338 e. The topological polar surface area (TPSA) is 79.5 Å². The van der Waals surface area contributed by atoms with Gasteiger partial charge in [0.25, 0.3) is 5.91 Å². The van der Waals surface area contributed by atoms with Crippen molar-refractivity contribution in [3.63, 3.8) is 0 Å². The van der Waals surface area contributed by atoms with E-state index in [2.05, 4.69) is 31.9 Å². The first-order valence-corrected chi connectivity index (χ1v) is 11.9. The van der Waals surface area contributed by atoms with Crippen molar-refractivity contribution in [2.75, 3.05) is 11.9 Å². The SMILES string of the molecule is CCCCOC(=O)c1ccc(NC(=S)N[C@@H](NC(=O)c2ccccc2Br)C(Cl)(Cl)Cl)cc1. The summed E-state index contributed by atoms with van der Waals surface area (Å²) in [7, 11) is 0. The van der Waals surface area contributed by atoms with Gasteiger partial charge in [-0.25, -0.2) is 4.79 Å². The number of esters is 1. The van der Waals surface area contributed by atoms with E-state index in [9.17, 15) is 9.59 Å². The molecule has 11 heteroatoms. The quantitative estimate of drug-likeness (QED) is 0.120. The summed E-state index contributed by atoms with van der Waals surface area (Å²) in [4.78, 5) is 24.6. The molecule has 0 aliphatic carbocycles. The molecule has 2 aromatic carbocycles. The highest BCUT2D eigenvalue weighted by atomic mass is 79.9. The molecule has 0 saturated heterocycles. The van der Waals surface area contributed by atoms with Crippen LogP contribution in [0.2, 0.25) is 0 Å². The van der Waals surface area contributed by atoms with Gasteiger partial charge >= 0.3 is 5.97 Å². The fraction of sp³-hybridized carbons (Fsp3) is 0.286. The molecule has 0 aromatic heterocycles. The van der Waals surface area contributed by atoms with Gasteiger partial charge in [-0.15, -0.1) is 0 Å². The van der Waals surface area contributed by atoms with E-state index in [4.69, 9.17) is 51.8 Å². The molecule has 0 saturated carbocycles. The van der Waals surface area contributed by atoms with Gasteiger partial charge in [0.2, 0.25) is 3.79 Å². The van der Waals surface area contributed by atoms with Crippen LogP contribution in [0.5, 0.6) is 0 Å². The van der Waals surface area contributed by atoms with E-state index in [-0.39, 0.29) is 5.11 Å². The largest absolute Gasteiger partial charge is 0.462 e. The number of amides is 1. The number of anilines is 1. The molecule has 0 fully saturated rings. The molecule has 1 amide bonds. The van der Waals surface area contributed by atoms with E-state index in [1.54, 1.807) is 48.5 Å². The standard InChI is InChI=1S/C21H21BrCl3N3O3S/c1-2-3-12-31-18(30)13-8-10-14(11-9-13)26-20(32)28-19(21(23,24)25)27-17(29)15-6-4-5-7-16(15)22/h4-11,19H,2-3,12H2,1H3,(H,27,29)(H2,26,28,32)/t19-/m1/s1. The van der Waals surface area contributed by atoms with Crippen molar-refractivity contribution in [2.24, 2.45) is 0 Å². The Morgan fingerprint density at radius 3 is 2.34 bits per heavy atom. The first-order valence-electron chi connectivity index (χ1n) is 9.58. The second kappa shape index (κ2) is 12.6. The van der Waals surface area contributed by atoms with Crippen molar-refractivity contribution in [2.45, 2.75) is 29.7 Å². The molecule has 1 atom stereocenters. The molecule has 0 aliphatic heterocycles. The van der Waals surface area contributed by atoms with Gasteiger partial charge < -0.3 is 20.7 Å². The van der Waals surface area contributed by atoms with Gasteiger partial charge in [-0.1, -0.05) is 60.3 Å². The summed E-state index contributed by atoms with van der Waals surface area (Å²) >= 11 is 26.7. The van der Waals surface area contributed by atoms with Crippen LogP contribution in [0, 0.1) is 0 Å². The summed E-state index contributed by atoms with van der Waals surface area (Å²) in [6.07, 6.45) is 0.631. The number of benzene rings is 2. The number of rotatable bonds is 8. The normalized spacial score (nSPS) is 11.9. The number of carbonyl (C=O) groups is 2. The monoisotopic (exact) mass is 579 g/mol. The Morgan fingerprint density at radius 1 is 1.09 bits per heavy atom. The highest BCUT2D eigenvalue weighted by molar-refractivity contribution is 9.10. The van der Waals surface area contributed by atoms with Crippen LogP contribution in [0.3, 0.4) is 0 Å². The average molecular weight is 582 g/mol. The minimum absolute atomic E-state index is 0.104. The van der Waals surface area contributed by atoms with Crippen molar-refractivity contribution in [1.82, 2.24) is 10.6 Å².